The van der Waals surface area contributed by atoms with Crippen molar-refractivity contribution in [1.82, 2.24) is 0 Å². The zero-order chi connectivity index (χ0) is 7.68. The Balaban J connectivity index is 2.54. The maximum absolute atomic E-state index is 5.10. The van der Waals surface area contributed by atoms with Crippen molar-refractivity contribution in [3.8, 4) is 0 Å². The van der Waals surface area contributed by atoms with E-state index < -0.39 is 0 Å². The molecule has 0 aliphatic carbocycles. The van der Waals surface area contributed by atoms with Crippen LogP contribution in [0, 0.1) is 6.54 Å². The Hall–Kier alpha value is -0.730. The van der Waals surface area contributed by atoms with Crippen LogP contribution in [-0.2, 0) is 12.8 Å². The van der Waals surface area contributed by atoms with Gasteiger partial charge in [0.15, 0.2) is 0 Å². The van der Waals surface area contributed by atoms with E-state index in [4.69, 9.17) is 12.8 Å². The average molecular weight is 161 g/mol. The van der Waals surface area contributed by atoms with Crippen LogP contribution in [0.3, 0.4) is 0 Å². The fourth-order valence-corrected chi connectivity index (χ4v) is 1.39. The number of para-hydroxylation sites is 1. The predicted molar refractivity (Wildman–Crippen MR) is 46.7 cm³/mol. The van der Waals surface area contributed by atoms with Crippen molar-refractivity contribution < 1.29 is 4.31 Å². The van der Waals surface area contributed by atoms with Crippen molar-refractivity contribution in [2.45, 2.75) is 0 Å². The van der Waals surface area contributed by atoms with E-state index in [0.29, 0.717) is 0 Å². The molecule has 54 valence electrons. The molecule has 0 saturated carbocycles. The summed E-state index contributed by atoms with van der Waals surface area (Å²) in [4.78, 5) is 0. The van der Waals surface area contributed by atoms with Gasteiger partial charge in [0, 0.05) is 5.56 Å². The first-order chi connectivity index (χ1) is 5.38. The third-order valence-electron chi connectivity index (χ3n) is 1.68. The van der Waals surface area contributed by atoms with Crippen molar-refractivity contribution in [3.05, 3.63) is 42.4 Å². The lowest BCUT2D eigenvalue weighted by Gasteiger charge is -2.23. The molecule has 0 saturated heterocycles. The highest BCUT2D eigenvalue weighted by atomic mass is 32.1. The van der Waals surface area contributed by atoms with Crippen LogP contribution >= 0.6 is 0 Å². The predicted octanol–water partition coefficient (Wildman–Crippen LogP) is 0.730. The third-order valence-corrected chi connectivity index (χ3v) is 2.02. The Kier molecular flexibility index (Phi) is 1.72. The molecule has 11 heavy (non-hydrogen) atoms. The molecule has 2 heteroatoms. The van der Waals surface area contributed by atoms with E-state index >= 15 is 0 Å². The molecular formula is C9H7NS. The molecule has 0 amide bonds. The third kappa shape index (κ3) is 1.19. The van der Waals surface area contributed by atoms with Gasteiger partial charge in [-0.25, -0.2) is 0 Å². The Morgan fingerprint density at radius 2 is 2.09 bits per heavy atom. The minimum atomic E-state index is 0.808. The Labute approximate surface area is 71.9 Å². The van der Waals surface area contributed by atoms with Crippen LogP contribution in [0.2, 0.25) is 0 Å². The van der Waals surface area contributed by atoms with Gasteiger partial charge in [-0.1, -0.05) is 12.1 Å². The summed E-state index contributed by atoms with van der Waals surface area (Å²) in [5.74, 6) is 0. The van der Waals surface area contributed by atoms with Gasteiger partial charge >= 0.3 is 0 Å². The normalized spacial score (nSPS) is 21.4. The molecule has 1 unspecified atom stereocenters. The standard InChI is InChI=1S/C9H7NS/c11-10-7-3-5-8-4-1-2-6-9(8)10/h1-6,10H. The maximum atomic E-state index is 5.10. The second kappa shape index (κ2) is 2.72. The topological polar surface area (TPSA) is 4.44 Å². The maximum Gasteiger partial charge on any atom is 0.235 e. The first kappa shape index (κ1) is 6.95. The largest absolute Gasteiger partial charge is 0.488 e. The highest BCUT2D eigenvalue weighted by Crippen LogP contribution is 2.14. The summed E-state index contributed by atoms with van der Waals surface area (Å²) in [7, 11) is 0. The van der Waals surface area contributed by atoms with Crippen LogP contribution in [0.1, 0.15) is 5.56 Å². The van der Waals surface area contributed by atoms with Gasteiger partial charge < -0.3 is 17.1 Å². The molecule has 0 bridgehead atoms. The van der Waals surface area contributed by atoms with Crippen LogP contribution < -0.4 is 4.31 Å². The van der Waals surface area contributed by atoms with Crippen molar-refractivity contribution in [2.24, 2.45) is 0 Å². The molecule has 2 rings (SSSR count). The van der Waals surface area contributed by atoms with Crippen LogP contribution in [0.4, 0.5) is 5.69 Å². The van der Waals surface area contributed by atoms with Gasteiger partial charge in [-0.05, 0) is 24.3 Å². The van der Waals surface area contributed by atoms with Crippen molar-refractivity contribution in [1.29, 1.82) is 0 Å². The molecule has 1 heterocycles. The first-order valence-corrected chi connectivity index (χ1v) is 3.85. The molecule has 1 nitrogen and oxygen atoms in total. The number of nitrogens with one attached hydrogen (secondary N) is 1. The number of quaternary nitrogens is 1. The summed E-state index contributed by atoms with van der Waals surface area (Å²) in [5, 5.41) is 0. The van der Waals surface area contributed by atoms with Crippen LogP contribution in [0.5, 0.6) is 0 Å². The first-order valence-electron chi connectivity index (χ1n) is 3.44. The highest BCUT2D eigenvalue weighted by molar-refractivity contribution is 7.51. The van der Waals surface area contributed by atoms with Gasteiger partial charge in [0.2, 0.25) is 6.54 Å². The number of hydrogen-bond donors (Lipinski definition) is 1. The Morgan fingerprint density at radius 3 is 2.91 bits per heavy atom. The molecule has 1 N–H and O–H groups in total. The number of benzene rings is 1. The van der Waals surface area contributed by atoms with Crippen LogP contribution in [-0.4, -0.2) is 0 Å². The Bertz CT molecular complexity index is 293. The van der Waals surface area contributed by atoms with E-state index in [1.807, 2.05) is 30.4 Å². The lowest BCUT2D eigenvalue weighted by molar-refractivity contribution is -0.631. The van der Waals surface area contributed by atoms with Gasteiger partial charge in [-0.2, -0.15) is 0 Å². The number of rotatable bonds is 0. The summed E-state index contributed by atoms with van der Waals surface area (Å²) >= 11 is 5.10. The van der Waals surface area contributed by atoms with E-state index in [-0.39, 0.29) is 0 Å². The zero-order valence-electron chi connectivity index (χ0n) is 5.87. The van der Waals surface area contributed by atoms with Gasteiger partial charge in [0.05, 0.1) is 0 Å². The smallest absolute Gasteiger partial charge is 0.235 e. The quantitative estimate of drug-likeness (QED) is 0.550. The molecule has 1 aliphatic heterocycles. The summed E-state index contributed by atoms with van der Waals surface area (Å²) in [5.41, 5.74) is 2.31. The summed E-state index contributed by atoms with van der Waals surface area (Å²) in [6.07, 6.45) is 3.88. The van der Waals surface area contributed by atoms with E-state index in [0.717, 1.165) is 9.99 Å². The minimum Gasteiger partial charge on any atom is -0.488 e. The lowest BCUT2D eigenvalue weighted by Crippen LogP contribution is -2.99. The molecule has 1 aliphatic rings. The molecule has 1 atom stereocenters. The molecule has 0 aromatic heterocycles. The summed E-state index contributed by atoms with van der Waals surface area (Å²) < 4.78 is 0.808. The van der Waals surface area contributed by atoms with E-state index in [2.05, 4.69) is 12.6 Å². The van der Waals surface area contributed by atoms with Gasteiger partial charge in [0.25, 0.3) is 0 Å². The highest BCUT2D eigenvalue weighted by Gasteiger charge is 2.09. The van der Waals surface area contributed by atoms with Crippen molar-refractivity contribution in [2.75, 3.05) is 0 Å². The number of hydrogen-bond acceptors (Lipinski definition) is 1. The molecular weight excluding hydrogens is 154 g/mol. The van der Waals surface area contributed by atoms with Crippen molar-refractivity contribution in [3.63, 3.8) is 0 Å². The van der Waals surface area contributed by atoms with Crippen LogP contribution in [0.15, 0.2) is 30.3 Å². The van der Waals surface area contributed by atoms with E-state index in [1.54, 1.807) is 0 Å². The van der Waals surface area contributed by atoms with Gasteiger partial charge in [-0.15, -0.1) is 0 Å². The van der Waals surface area contributed by atoms with Gasteiger partial charge in [0.1, 0.15) is 5.69 Å². The van der Waals surface area contributed by atoms with Crippen LogP contribution in [0.25, 0.3) is 6.08 Å². The second-order valence-corrected chi connectivity index (χ2v) is 2.80. The Morgan fingerprint density at radius 1 is 1.27 bits per heavy atom. The lowest BCUT2D eigenvalue weighted by atomic mass is 10.1. The SMILES string of the molecule is [S-][NH+]1[C]C=Cc2ccccc21. The minimum absolute atomic E-state index is 0.808. The molecule has 2 radical (unpaired) electrons. The molecule has 0 spiro atoms. The van der Waals surface area contributed by atoms with E-state index in [1.165, 1.54) is 5.56 Å². The monoisotopic (exact) mass is 161 g/mol. The molecule has 0 fully saturated rings. The molecule has 1 aromatic rings. The summed E-state index contributed by atoms with van der Waals surface area (Å²) in [6, 6.07) is 8.08. The van der Waals surface area contributed by atoms with E-state index in [9.17, 15) is 0 Å². The van der Waals surface area contributed by atoms with Gasteiger partial charge in [-0.3, -0.25) is 0 Å². The second-order valence-electron chi connectivity index (χ2n) is 2.39. The zero-order valence-corrected chi connectivity index (χ0v) is 6.69. The van der Waals surface area contributed by atoms with Crippen molar-refractivity contribution >= 4 is 24.6 Å². The fourth-order valence-electron chi connectivity index (χ4n) is 1.13. The average Bonchev–Trinajstić information content (AvgIpc) is 2.06. The number of fused-ring (bicyclic) bond motifs is 1. The summed E-state index contributed by atoms with van der Waals surface area (Å²) in [6.45, 7) is 2.99. The fraction of sp³-hybridized carbons (Fsp3) is 0. The molecule has 1 aromatic carbocycles.